The van der Waals surface area contributed by atoms with Gasteiger partial charge in [0.15, 0.2) is 6.61 Å². The maximum absolute atomic E-state index is 12.2. The maximum atomic E-state index is 12.2. The van der Waals surface area contributed by atoms with Crippen LogP contribution in [0.25, 0.3) is 10.8 Å². The number of amides is 2. The number of ether oxygens (including phenoxy) is 1. The van der Waals surface area contributed by atoms with Crippen molar-refractivity contribution in [3.63, 3.8) is 0 Å². The van der Waals surface area contributed by atoms with E-state index in [4.69, 9.17) is 16.3 Å². The first-order valence-electron chi connectivity index (χ1n) is 8.91. The summed E-state index contributed by atoms with van der Waals surface area (Å²) in [5.41, 5.74) is 1.70. The van der Waals surface area contributed by atoms with Gasteiger partial charge in [-0.3, -0.25) is 14.4 Å². The van der Waals surface area contributed by atoms with E-state index in [0.29, 0.717) is 16.3 Å². The van der Waals surface area contributed by atoms with Crippen LogP contribution in [0.3, 0.4) is 0 Å². The van der Waals surface area contributed by atoms with Gasteiger partial charge in [0.1, 0.15) is 6.54 Å². The number of benzene rings is 3. The third kappa shape index (κ3) is 5.33. The zero-order chi connectivity index (χ0) is 20.8. The minimum atomic E-state index is -0.711. The summed E-state index contributed by atoms with van der Waals surface area (Å²) >= 11 is 6.00. The number of hydrogen-bond donors (Lipinski definition) is 2. The van der Waals surface area contributed by atoms with Gasteiger partial charge in [-0.15, -0.1) is 0 Å². The van der Waals surface area contributed by atoms with Crippen LogP contribution in [0.15, 0.2) is 60.7 Å². The lowest BCUT2D eigenvalue weighted by molar-refractivity contribution is -0.146. The van der Waals surface area contributed by atoms with Crippen molar-refractivity contribution >= 4 is 45.8 Å². The van der Waals surface area contributed by atoms with E-state index < -0.39 is 24.4 Å². The first-order chi connectivity index (χ1) is 13.9. The molecule has 3 aromatic rings. The highest BCUT2D eigenvalue weighted by molar-refractivity contribution is 6.31. The molecular weight excluding hydrogens is 392 g/mol. The Kier molecular flexibility index (Phi) is 6.46. The normalized spacial score (nSPS) is 10.4. The summed E-state index contributed by atoms with van der Waals surface area (Å²) in [4.78, 5) is 36.0. The van der Waals surface area contributed by atoms with Gasteiger partial charge in [-0.2, -0.15) is 0 Å². The molecule has 3 rings (SSSR count). The first-order valence-corrected chi connectivity index (χ1v) is 9.29. The second-order valence-electron chi connectivity index (χ2n) is 6.37. The highest BCUT2D eigenvalue weighted by atomic mass is 35.5. The molecule has 29 heavy (non-hydrogen) atoms. The molecule has 3 aromatic carbocycles. The molecule has 148 valence electrons. The van der Waals surface area contributed by atoms with Crippen molar-refractivity contribution in [3.8, 4) is 0 Å². The number of esters is 1. The fraction of sp³-hybridized carbons (Fsp3) is 0.136. The molecule has 0 radical (unpaired) electrons. The zero-order valence-electron chi connectivity index (χ0n) is 15.7. The predicted octanol–water partition coefficient (Wildman–Crippen LogP) is 3.71. The molecule has 0 aliphatic rings. The van der Waals surface area contributed by atoms with Crippen LogP contribution in [0.1, 0.15) is 15.9 Å². The molecule has 0 saturated heterocycles. The first kappa shape index (κ1) is 20.4. The van der Waals surface area contributed by atoms with Crippen molar-refractivity contribution < 1.29 is 19.1 Å². The summed E-state index contributed by atoms with van der Waals surface area (Å²) in [5.74, 6) is -1.60. The lowest BCUT2D eigenvalue weighted by Crippen LogP contribution is -2.32. The quantitative estimate of drug-likeness (QED) is 0.606. The molecule has 0 unspecified atom stereocenters. The standard InChI is InChI=1S/C22H19ClN2O4/c1-14-18(23)7-4-8-19(14)25-20(26)13-29-21(27)12-24-22(28)17-10-9-15-5-2-3-6-16(15)11-17/h2-11H,12-13H2,1H3,(H,24,28)(H,25,26). The molecule has 6 nitrogen and oxygen atoms in total. The van der Waals surface area contributed by atoms with E-state index in [1.54, 1.807) is 37.3 Å². The Hall–Kier alpha value is -3.38. The number of anilines is 1. The van der Waals surface area contributed by atoms with Crippen molar-refractivity contribution in [1.29, 1.82) is 0 Å². The van der Waals surface area contributed by atoms with E-state index >= 15 is 0 Å². The monoisotopic (exact) mass is 410 g/mol. The summed E-state index contributed by atoms with van der Waals surface area (Å²) in [6.45, 7) is 0.970. The molecule has 0 aliphatic heterocycles. The Bertz CT molecular complexity index is 1080. The van der Waals surface area contributed by atoms with Crippen molar-refractivity contribution in [2.75, 3.05) is 18.5 Å². The van der Waals surface area contributed by atoms with Gasteiger partial charge in [-0.1, -0.05) is 48.0 Å². The number of nitrogens with one attached hydrogen (secondary N) is 2. The summed E-state index contributed by atoms with van der Waals surface area (Å²) in [6, 6.07) is 18.0. The topological polar surface area (TPSA) is 84.5 Å². The molecule has 0 atom stereocenters. The fourth-order valence-corrected chi connectivity index (χ4v) is 2.89. The van der Waals surface area contributed by atoms with Crippen molar-refractivity contribution in [2.45, 2.75) is 6.92 Å². The van der Waals surface area contributed by atoms with Gasteiger partial charge in [0.25, 0.3) is 11.8 Å². The molecule has 2 N–H and O–H groups in total. The molecule has 2 amide bonds. The third-order valence-electron chi connectivity index (χ3n) is 4.31. The van der Waals surface area contributed by atoms with Crippen LogP contribution in [0, 0.1) is 6.92 Å². The third-order valence-corrected chi connectivity index (χ3v) is 4.72. The van der Waals surface area contributed by atoms with Crippen LogP contribution in [0.2, 0.25) is 5.02 Å². The van der Waals surface area contributed by atoms with E-state index in [1.807, 2.05) is 30.3 Å². The minimum Gasteiger partial charge on any atom is -0.454 e. The molecule has 7 heteroatoms. The van der Waals surface area contributed by atoms with Crippen LogP contribution in [0.4, 0.5) is 5.69 Å². The molecule has 0 heterocycles. The van der Waals surface area contributed by atoms with Gasteiger partial charge < -0.3 is 15.4 Å². The van der Waals surface area contributed by atoms with E-state index in [2.05, 4.69) is 10.6 Å². The molecule has 0 aliphatic carbocycles. The maximum Gasteiger partial charge on any atom is 0.325 e. The lowest BCUT2D eigenvalue weighted by atomic mass is 10.1. The van der Waals surface area contributed by atoms with Crippen molar-refractivity contribution in [2.24, 2.45) is 0 Å². The predicted molar refractivity (Wildman–Crippen MR) is 112 cm³/mol. The second-order valence-corrected chi connectivity index (χ2v) is 6.77. The smallest absolute Gasteiger partial charge is 0.325 e. The molecule has 0 fully saturated rings. The number of fused-ring (bicyclic) bond motifs is 1. The van der Waals surface area contributed by atoms with Crippen molar-refractivity contribution in [1.82, 2.24) is 5.32 Å². The Morgan fingerprint density at radius 3 is 2.52 bits per heavy atom. The van der Waals surface area contributed by atoms with Gasteiger partial charge in [0.2, 0.25) is 0 Å². The van der Waals surface area contributed by atoms with Gasteiger partial charge in [0, 0.05) is 16.3 Å². The average Bonchev–Trinajstić information content (AvgIpc) is 2.73. The van der Waals surface area contributed by atoms with Crippen LogP contribution in [0.5, 0.6) is 0 Å². The van der Waals surface area contributed by atoms with Crippen LogP contribution >= 0.6 is 11.6 Å². The van der Waals surface area contributed by atoms with E-state index in [1.165, 1.54) is 0 Å². The summed E-state index contributed by atoms with van der Waals surface area (Å²) in [6.07, 6.45) is 0. The zero-order valence-corrected chi connectivity index (χ0v) is 16.5. The van der Waals surface area contributed by atoms with E-state index in [9.17, 15) is 14.4 Å². The minimum absolute atomic E-state index is 0.338. The number of rotatable bonds is 6. The molecule has 0 bridgehead atoms. The van der Waals surface area contributed by atoms with Gasteiger partial charge in [0.05, 0.1) is 0 Å². The molecule has 0 saturated carbocycles. The lowest BCUT2D eigenvalue weighted by Gasteiger charge is -2.10. The van der Waals surface area contributed by atoms with Gasteiger partial charge in [-0.25, -0.2) is 0 Å². The average molecular weight is 411 g/mol. The number of halogens is 1. The fourth-order valence-electron chi connectivity index (χ4n) is 2.71. The Morgan fingerprint density at radius 2 is 1.72 bits per heavy atom. The van der Waals surface area contributed by atoms with Crippen LogP contribution in [-0.2, 0) is 14.3 Å². The molecule has 0 spiro atoms. The Balaban J connectivity index is 1.47. The summed E-state index contributed by atoms with van der Waals surface area (Å²) < 4.78 is 4.90. The summed E-state index contributed by atoms with van der Waals surface area (Å²) in [7, 11) is 0. The van der Waals surface area contributed by atoms with E-state index in [-0.39, 0.29) is 6.54 Å². The highest BCUT2D eigenvalue weighted by Crippen LogP contribution is 2.22. The van der Waals surface area contributed by atoms with Gasteiger partial charge in [-0.05, 0) is 47.5 Å². The van der Waals surface area contributed by atoms with Crippen molar-refractivity contribution in [3.05, 3.63) is 76.8 Å². The SMILES string of the molecule is Cc1c(Cl)cccc1NC(=O)COC(=O)CNC(=O)c1ccc2ccccc2c1. The molecular formula is C22H19ClN2O4. The van der Waals surface area contributed by atoms with Gasteiger partial charge >= 0.3 is 5.97 Å². The number of hydrogen-bond acceptors (Lipinski definition) is 4. The molecule has 0 aromatic heterocycles. The Morgan fingerprint density at radius 1 is 0.966 bits per heavy atom. The Labute approximate surface area is 172 Å². The summed E-state index contributed by atoms with van der Waals surface area (Å²) in [5, 5.41) is 7.59. The highest BCUT2D eigenvalue weighted by Gasteiger charge is 2.12. The number of carbonyl (C=O) groups excluding carboxylic acids is 3. The largest absolute Gasteiger partial charge is 0.454 e. The second kappa shape index (κ2) is 9.21. The van der Waals surface area contributed by atoms with Crippen LogP contribution in [-0.4, -0.2) is 30.9 Å². The van der Waals surface area contributed by atoms with E-state index in [0.717, 1.165) is 16.3 Å². The number of carbonyl (C=O) groups is 3. The van der Waals surface area contributed by atoms with Crippen LogP contribution < -0.4 is 10.6 Å².